The molecular weight excluding hydrogens is 418 g/mol. The van der Waals surface area contributed by atoms with Gasteiger partial charge in [-0.15, -0.1) is 0 Å². The van der Waals surface area contributed by atoms with Gasteiger partial charge in [-0.2, -0.15) is 10.4 Å². The second-order valence-electron chi connectivity index (χ2n) is 6.36. The molecule has 0 aliphatic heterocycles. The van der Waals surface area contributed by atoms with Crippen molar-refractivity contribution in [2.75, 3.05) is 19.1 Å². The highest BCUT2D eigenvalue weighted by atomic mass is 35.5. The summed E-state index contributed by atoms with van der Waals surface area (Å²) in [6.07, 6.45) is 2.30. The summed E-state index contributed by atoms with van der Waals surface area (Å²) in [6, 6.07) is 14.2. The molecule has 8 nitrogen and oxygen atoms in total. The predicted octanol–water partition coefficient (Wildman–Crippen LogP) is 4.21. The molecule has 2 N–H and O–H groups in total. The molecule has 0 aliphatic rings. The third-order valence-corrected chi connectivity index (χ3v) is 4.39. The first-order chi connectivity index (χ1) is 15.1. The molecule has 0 unspecified atom stereocenters. The van der Waals surface area contributed by atoms with Gasteiger partial charge in [0.15, 0.2) is 11.5 Å². The third kappa shape index (κ3) is 5.21. The first-order valence-corrected chi connectivity index (χ1v) is 9.84. The van der Waals surface area contributed by atoms with Crippen molar-refractivity contribution in [3.8, 4) is 28.8 Å². The minimum Gasteiger partial charge on any atom is -0.493 e. The van der Waals surface area contributed by atoms with Crippen molar-refractivity contribution in [2.24, 2.45) is 5.10 Å². The summed E-state index contributed by atoms with van der Waals surface area (Å²) in [6.45, 7) is 2.49. The van der Waals surface area contributed by atoms with Crippen LogP contribution in [-0.2, 0) is 0 Å². The van der Waals surface area contributed by atoms with Crippen LogP contribution in [0.2, 0.25) is 5.02 Å². The number of hydrogen-bond acceptors (Lipinski definition) is 7. The molecule has 0 saturated heterocycles. The van der Waals surface area contributed by atoms with Gasteiger partial charge in [0.05, 0.1) is 25.6 Å². The van der Waals surface area contributed by atoms with E-state index < -0.39 is 5.56 Å². The Morgan fingerprint density at radius 3 is 2.77 bits per heavy atom. The lowest BCUT2D eigenvalue weighted by molar-refractivity contribution is 0.294. The monoisotopic (exact) mass is 437 g/mol. The van der Waals surface area contributed by atoms with Gasteiger partial charge in [0, 0.05) is 22.2 Å². The Hall–Kier alpha value is -3.83. The second-order valence-corrected chi connectivity index (χ2v) is 6.80. The van der Waals surface area contributed by atoms with Crippen LogP contribution in [0.5, 0.6) is 11.5 Å². The van der Waals surface area contributed by atoms with E-state index in [4.69, 9.17) is 21.1 Å². The van der Waals surface area contributed by atoms with Gasteiger partial charge in [0.25, 0.3) is 5.56 Å². The van der Waals surface area contributed by atoms with E-state index in [0.717, 1.165) is 6.42 Å². The summed E-state index contributed by atoms with van der Waals surface area (Å²) in [5, 5.41) is 14.0. The zero-order chi connectivity index (χ0) is 22.2. The number of aromatic amines is 1. The highest BCUT2D eigenvalue weighted by Crippen LogP contribution is 2.34. The molecule has 1 aromatic heterocycles. The second kappa shape index (κ2) is 10.3. The van der Waals surface area contributed by atoms with E-state index in [9.17, 15) is 10.1 Å². The number of hydrogen-bond donors (Lipinski definition) is 2. The highest BCUT2D eigenvalue weighted by molar-refractivity contribution is 6.31. The zero-order valence-corrected chi connectivity index (χ0v) is 17.7. The van der Waals surface area contributed by atoms with Crippen LogP contribution in [0.3, 0.4) is 0 Å². The zero-order valence-electron chi connectivity index (χ0n) is 17.0. The summed E-state index contributed by atoms with van der Waals surface area (Å²) in [5.41, 5.74) is 3.55. The maximum atomic E-state index is 12.3. The summed E-state index contributed by atoms with van der Waals surface area (Å²) < 4.78 is 11.1. The minimum absolute atomic E-state index is 0.0736. The van der Waals surface area contributed by atoms with Crippen LogP contribution >= 0.6 is 11.6 Å². The number of benzene rings is 2. The van der Waals surface area contributed by atoms with Gasteiger partial charge >= 0.3 is 0 Å². The molecular formula is C22H20ClN5O3. The number of halogens is 1. The standard InChI is InChI=1S/C22H20ClN5O3/c1-3-9-31-20-15(10-16(23)11-18(20)30-2)13-25-28-22-26-19(14-7-5-4-6-8-14)17(12-24)21(29)27-22/h4-8,10-11,13H,3,9H2,1-2H3,(H2,26,27,28,29). The topological polar surface area (TPSA) is 112 Å². The van der Waals surface area contributed by atoms with Crippen LogP contribution in [0.15, 0.2) is 52.4 Å². The van der Waals surface area contributed by atoms with E-state index in [0.29, 0.717) is 34.3 Å². The van der Waals surface area contributed by atoms with E-state index in [2.05, 4.69) is 20.5 Å². The number of hydrazone groups is 1. The van der Waals surface area contributed by atoms with Gasteiger partial charge in [0.1, 0.15) is 11.6 Å². The number of aromatic nitrogens is 2. The Labute approximate surface area is 184 Å². The quantitative estimate of drug-likeness (QED) is 0.403. The van der Waals surface area contributed by atoms with Crippen molar-refractivity contribution in [2.45, 2.75) is 13.3 Å². The summed E-state index contributed by atoms with van der Waals surface area (Å²) in [4.78, 5) is 19.2. The van der Waals surface area contributed by atoms with Gasteiger partial charge in [-0.3, -0.25) is 9.78 Å². The lowest BCUT2D eigenvalue weighted by atomic mass is 10.1. The number of nitrogens with one attached hydrogen (secondary N) is 2. The van der Waals surface area contributed by atoms with Gasteiger partial charge in [-0.05, 0) is 12.5 Å². The fourth-order valence-electron chi connectivity index (χ4n) is 2.79. The molecule has 0 saturated carbocycles. The molecule has 0 atom stereocenters. The average molecular weight is 438 g/mol. The molecule has 3 rings (SSSR count). The number of nitrogens with zero attached hydrogens (tertiary/aromatic N) is 3. The van der Waals surface area contributed by atoms with Crippen molar-refractivity contribution >= 4 is 23.8 Å². The van der Waals surface area contributed by atoms with Crippen LogP contribution in [0.25, 0.3) is 11.3 Å². The summed E-state index contributed by atoms with van der Waals surface area (Å²) in [5.74, 6) is 1.08. The normalized spacial score (nSPS) is 10.6. The molecule has 0 bridgehead atoms. The largest absolute Gasteiger partial charge is 0.493 e. The van der Waals surface area contributed by atoms with Gasteiger partial charge in [0.2, 0.25) is 5.95 Å². The predicted molar refractivity (Wildman–Crippen MR) is 120 cm³/mol. The van der Waals surface area contributed by atoms with E-state index in [1.807, 2.05) is 19.1 Å². The third-order valence-electron chi connectivity index (χ3n) is 4.17. The Bertz CT molecular complexity index is 1190. The lowest BCUT2D eigenvalue weighted by Crippen LogP contribution is -2.16. The van der Waals surface area contributed by atoms with Crippen molar-refractivity contribution in [1.82, 2.24) is 9.97 Å². The smallest absolute Gasteiger partial charge is 0.270 e. The molecule has 0 radical (unpaired) electrons. The van der Waals surface area contributed by atoms with E-state index in [1.54, 1.807) is 36.4 Å². The molecule has 0 aliphatic carbocycles. The SMILES string of the molecule is CCCOc1c(C=NNc2nc(-c3ccccc3)c(C#N)c(=O)[nH]2)cc(Cl)cc1OC. The number of methoxy groups -OCH3 is 1. The maximum Gasteiger partial charge on any atom is 0.270 e. The van der Waals surface area contributed by atoms with E-state index in [1.165, 1.54) is 13.3 Å². The molecule has 3 aromatic rings. The molecule has 0 fully saturated rings. The van der Waals surface area contributed by atoms with Crippen molar-refractivity contribution < 1.29 is 9.47 Å². The van der Waals surface area contributed by atoms with Crippen LogP contribution in [0.4, 0.5) is 5.95 Å². The Balaban J connectivity index is 1.93. The number of nitriles is 1. The molecule has 2 aromatic carbocycles. The molecule has 0 spiro atoms. The number of rotatable bonds is 8. The fraction of sp³-hybridized carbons (Fsp3) is 0.182. The molecule has 0 amide bonds. The van der Waals surface area contributed by atoms with Gasteiger partial charge in [-0.25, -0.2) is 10.4 Å². The first-order valence-electron chi connectivity index (χ1n) is 9.46. The molecule has 158 valence electrons. The molecule has 1 heterocycles. The lowest BCUT2D eigenvalue weighted by Gasteiger charge is -2.13. The maximum absolute atomic E-state index is 12.3. The van der Waals surface area contributed by atoms with Crippen molar-refractivity contribution in [1.29, 1.82) is 5.26 Å². The number of H-pyrrole nitrogens is 1. The Kier molecular flexibility index (Phi) is 7.25. The number of anilines is 1. The van der Waals surface area contributed by atoms with Crippen molar-refractivity contribution in [3.05, 3.63) is 69.0 Å². The fourth-order valence-corrected chi connectivity index (χ4v) is 3.01. The summed E-state index contributed by atoms with van der Waals surface area (Å²) >= 11 is 6.17. The highest BCUT2D eigenvalue weighted by Gasteiger charge is 2.14. The van der Waals surface area contributed by atoms with Crippen molar-refractivity contribution in [3.63, 3.8) is 0 Å². The van der Waals surface area contributed by atoms with Crippen LogP contribution in [0, 0.1) is 11.3 Å². The van der Waals surface area contributed by atoms with Crippen LogP contribution < -0.4 is 20.5 Å². The molecule has 31 heavy (non-hydrogen) atoms. The Morgan fingerprint density at radius 1 is 1.32 bits per heavy atom. The summed E-state index contributed by atoms with van der Waals surface area (Å²) in [7, 11) is 1.53. The van der Waals surface area contributed by atoms with E-state index in [-0.39, 0.29) is 17.2 Å². The minimum atomic E-state index is -0.564. The average Bonchev–Trinajstić information content (AvgIpc) is 2.78. The van der Waals surface area contributed by atoms with Crippen LogP contribution in [0.1, 0.15) is 24.5 Å². The number of ether oxygens (including phenoxy) is 2. The Morgan fingerprint density at radius 2 is 2.10 bits per heavy atom. The molecule has 9 heteroatoms. The van der Waals surface area contributed by atoms with Gasteiger partial charge in [-0.1, -0.05) is 48.9 Å². The van der Waals surface area contributed by atoms with Gasteiger partial charge < -0.3 is 9.47 Å². The first kappa shape index (κ1) is 21.9. The van der Waals surface area contributed by atoms with Crippen LogP contribution in [-0.4, -0.2) is 29.9 Å². The van der Waals surface area contributed by atoms with E-state index >= 15 is 0 Å².